The Morgan fingerprint density at radius 2 is 1.94 bits per heavy atom. The van der Waals surface area contributed by atoms with E-state index < -0.39 is 0 Å². The Kier molecular flexibility index (Phi) is 3.62. The van der Waals surface area contributed by atoms with Gasteiger partial charge in [0.15, 0.2) is 0 Å². The molecule has 0 unspecified atom stereocenters. The summed E-state index contributed by atoms with van der Waals surface area (Å²) in [6.07, 6.45) is 5.46. The molecule has 4 heteroatoms. The van der Waals surface area contributed by atoms with Crippen LogP contribution in [0.4, 0.5) is 5.69 Å². The fourth-order valence-corrected chi connectivity index (χ4v) is 2.75. The molecule has 0 aliphatic heterocycles. The Labute approximate surface area is 112 Å². The molecule has 96 valence electrons. The molecule has 2 aromatic rings. The van der Waals surface area contributed by atoms with Gasteiger partial charge in [0.2, 0.25) is 0 Å². The van der Waals surface area contributed by atoms with Crippen molar-refractivity contribution in [2.45, 2.75) is 31.6 Å². The highest BCUT2D eigenvalue weighted by Gasteiger charge is 2.22. The average Bonchev–Trinajstić information content (AvgIpc) is 2.73. The van der Waals surface area contributed by atoms with Crippen LogP contribution >= 0.6 is 12.4 Å². The lowest BCUT2D eigenvalue weighted by Crippen LogP contribution is -2.12. The number of rotatable bonds is 1. The van der Waals surface area contributed by atoms with Crippen LogP contribution in [0, 0.1) is 0 Å². The second-order valence-electron chi connectivity index (χ2n) is 4.86. The molecule has 1 aliphatic rings. The second kappa shape index (κ2) is 5.02. The number of hydrogen-bond acceptors (Lipinski definition) is 2. The third kappa shape index (κ3) is 2.23. The van der Waals surface area contributed by atoms with Gasteiger partial charge in [0.05, 0.1) is 0 Å². The highest BCUT2D eigenvalue weighted by molar-refractivity contribution is 5.87. The standard InChI is InChI=1S/C14H16N2O.ClH/c15-10-3-6-14-12(7-10)13(8-16-14)9-1-4-11(17)5-2-9;/h3,6-9,16H,1-2,4-5,15H2;1H. The number of fused-ring (bicyclic) bond motifs is 1. The molecule has 3 nitrogen and oxygen atoms in total. The molecule has 0 atom stereocenters. The maximum Gasteiger partial charge on any atom is 0.132 e. The molecule has 0 spiro atoms. The van der Waals surface area contributed by atoms with E-state index in [-0.39, 0.29) is 12.4 Å². The van der Waals surface area contributed by atoms with Crippen molar-refractivity contribution in [2.24, 2.45) is 0 Å². The molecule has 1 aromatic carbocycles. The summed E-state index contributed by atoms with van der Waals surface area (Å²) >= 11 is 0. The van der Waals surface area contributed by atoms with Crippen LogP contribution in [0.1, 0.15) is 37.2 Å². The molecule has 1 saturated carbocycles. The largest absolute Gasteiger partial charge is 0.399 e. The van der Waals surface area contributed by atoms with Gasteiger partial charge in [0, 0.05) is 35.6 Å². The second-order valence-corrected chi connectivity index (χ2v) is 4.86. The topological polar surface area (TPSA) is 58.9 Å². The van der Waals surface area contributed by atoms with Crippen LogP contribution in [0.3, 0.4) is 0 Å². The van der Waals surface area contributed by atoms with E-state index in [9.17, 15) is 4.79 Å². The molecular formula is C14H17ClN2O. The predicted octanol–water partition coefficient (Wildman–Crippen LogP) is 3.40. The number of Topliss-reactive ketones (excluding diaryl/α,β-unsaturated/α-hetero) is 1. The zero-order valence-electron chi connectivity index (χ0n) is 10.1. The number of nitrogen functional groups attached to an aromatic ring is 1. The minimum atomic E-state index is 0. The van der Waals surface area contributed by atoms with E-state index in [4.69, 9.17) is 5.73 Å². The van der Waals surface area contributed by atoms with Gasteiger partial charge in [-0.15, -0.1) is 12.4 Å². The predicted molar refractivity (Wildman–Crippen MR) is 76.2 cm³/mol. The van der Waals surface area contributed by atoms with Crippen LogP contribution in [0.5, 0.6) is 0 Å². The fraction of sp³-hybridized carbons (Fsp3) is 0.357. The lowest BCUT2D eigenvalue weighted by molar-refractivity contribution is -0.120. The molecule has 1 fully saturated rings. The third-order valence-corrected chi connectivity index (χ3v) is 3.72. The summed E-state index contributed by atoms with van der Waals surface area (Å²) in [6.45, 7) is 0. The molecule has 0 radical (unpaired) electrons. The first kappa shape index (κ1) is 13.0. The molecule has 1 aromatic heterocycles. The summed E-state index contributed by atoms with van der Waals surface area (Å²) in [4.78, 5) is 14.6. The van der Waals surface area contributed by atoms with Gasteiger partial charge in [-0.05, 0) is 42.5 Å². The number of nitrogens with two attached hydrogens (primary N) is 1. The van der Waals surface area contributed by atoms with Crippen LogP contribution in [0.25, 0.3) is 10.9 Å². The summed E-state index contributed by atoms with van der Waals surface area (Å²) in [7, 11) is 0. The van der Waals surface area contributed by atoms with E-state index in [1.165, 1.54) is 10.9 Å². The number of ketones is 1. The Morgan fingerprint density at radius 1 is 1.22 bits per heavy atom. The molecule has 1 aliphatic carbocycles. The highest BCUT2D eigenvalue weighted by atomic mass is 35.5. The number of H-pyrrole nitrogens is 1. The van der Waals surface area contributed by atoms with Gasteiger partial charge >= 0.3 is 0 Å². The lowest BCUT2D eigenvalue weighted by atomic mass is 9.83. The van der Waals surface area contributed by atoms with E-state index in [0.717, 1.165) is 36.9 Å². The average molecular weight is 265 g/mol. The van der Waals surface area contributed by atoms with E-state index in [2.05, 4.69) is 11.2 Å². The minimum absolute atomic E-state index is 0. The summed E-state index contributed by atoms with van der Waals surface area (Å²) in [6, 6.07) is 5.95. The van der Waals surface area contributed by atoms with Gasteiger partial charge in [0.1, 0.15) is 5.78 Å². The van der Waals surface area contributed by atoms with Crippen molar-refractivity contribution in [3.63, 3.8) is 0 Å². The molecule has 0 saturated heterocycles. The van der Waals surface area contributed by atoms with Crippen molar-refractivity contribution in [1.82, 2.24) is 4.98 Å². The smallest absolute Gasteiger partial charge is 0.132 e. The quantitative estimate of drug-likeness (QED) is 0.776. The minimum Gasteiger partial charge on any atom is -0.399 e. The fourth-order valence-electron chi connectivity index (χ4n) is 2.75. The molecular weight excluding hydrogens is 248 g/mol. The number of carbonyl (C=O) groups is 1. The lowest BCUT2D eigenvalue weighted by Gasteiger charge is -2.20. The first-order chi connectivity index (χ1) is 8.24. The van der Waals surface area contributed by atoms with Crippen LogP contribution in [-0.4, -0.2) is 10.8 Å². The van der Waals surface area contributed by atoms with E-state index in [0.29, 0.717) is 11.7 Å². The normalized spacial score (nSPS) is 16.8. The third-order valence-electron chi connectivity index (χ3n) is 3.72. The summed E-state index contributed by atoms with van der Waals surface area (Å²) in [5, 5.41) is 1.21. The van der Waals surface area contributed by atoms with Gasteiger partial charge in [0.25, 0.3) is 0 Å². The molecule has 3 rings (SSSR count). The van der Waals surface area contributed by atoms with Crippen molar-refractivity contribution >= 4 is 34.8 Å². The first-order valence-electron chi connectivity index (χ1n) is 6.12. The van der Waals surface area contributed by atoms with Gasteiger partial charge in [-0.3, -0.25) is 4.79 Å². The van der Waals surface area contributed by atoms with Crippen LogP contribution in [0.2, 0.25) is 0 Å². The van der Waals surface area contributed by atoms with Crippen molar-refractivity contribution in [3.05, 3.63) is 30.0 Å². The molecule has 18 heavy (non-hydrogen) atoms. The van der Waals surface area contributed by atoms with Crippen molar-refractivity contribution in [3.8, 4) is 0 Å². The highest BCUT2D eigenvalue weighted by Crippen LogP contribution is 2.35. The van der Waals surface area contributed by atoms with Crippen LogP contribution < -0.4 is 5.73 Å². The number of benzene rings is 1. The zero-order chi connectivity index (χ0) is 11.8. The summed E-state index contributed by atoms with van der Waals surface area (Å²) in [5.41, 5.74) is 9.08. The Bertz CT molecular complexity index is 566. The molecule has 0 bridgehead atoms. The molecule has 1 heterocycles. The van der Waals surface area contributed by atoms with Gasteiger partial charge in [-0.25, -0.2) is 0 Å². The number of aromatic amines is 1. The van der Waals surface area contributed by atoms with Gasteiger partial charge in [-0.2, -0.15) is 0 Å². The SMILES string of the molecule is Cl.Nc1ccc2[nH]cc(C3CCC(=O)CC3)c2c1. The number of carbonyl (C=O) groups excluding carboxylic acids is 1. The Morgan fingerprint density at radius 3 is 2.67 bits per heavy atom. The van der Waals surface area contributed by atoms with Crippen molar-refractivity contribution in [2.75, 3.05) is 5.73 Å². The zero-order valence-corrected chi connectivity index (χ0v) is 10.9. The van der Waals surface area contributed by atoms with Crippen molar-refractivity contribution in [1.29, 1.82) is 0 Å². The summed E-state index contributed by atoms with van der Waals surface area (Å²) < 4.78 is 0. The first-order valence-corrected chi connectivity index (χ1v) is 6.12. The number of anilines is 1. The van der Waals surface area contributed by atoms with Gasteiger partial charge < -0.3 is 10.7 Å². The monoisotopic (exact) mass is 264 g/mol. The molecule has 3 N–H and O–H groups in total. The van der Waals surface area contributed by atoms with E-state index in [1.807, 2.05) is 18.2 Å². The number of aromatic nitrogens is 1. The summed E-state index contributed by atoms with van der Waals surface area (Å²) in [5.74, 6) is 0.906. The number of halogens is 1. The van der Waals surface area contributed by atoms with Crippen molar-refractivity contribution < 1.29 is 4.79 Å². The van der Waals surface area contributed by atoms with Crippen LogP contribution in [0.15, 0.2) is 24.4 Å². The van der Waals surface area contributed by atoms with E-state index in [1.54, 1.807) is 0 Å². The Hall–Kier alpha value is -1.48. The maximum atomic E-state index is 11.3. The Balaban J connectivity index is 0.00000120. The number of hydrogen-bond donors (Lipinski definition) is 2. The van der Waals surface area contributed by atoms with Gasteiger partial charge in [-0.1, -0.05) is 0 Å². The van der Waals surface area contributed by atoms with Crippen LogP contribution in [-0.2, 0) is 4.79 Å². The number of nitrogens with one attached hydrogen (secondary N) is 1. The van der Waals surface area contributed by atoms with E-state index >= 15 is 0 Å². The maximum absolute atomic E-state index is 11.3. The molecule has 0 amide bonds.